The van der Waals surface area contributed by atoms with Gasteiger partial charge in [0.05, 0.1) is 18.4 Å². The van der Waals surface area contributed by atoms with Crippen LogP contribution < -0.4 is 5.73 Å². The Morgan fingerprint density at radius 3 is 2.64 bits per heavy atom. The van der Waals surface area contributed by atoms with E-state index in [0.29, 0.717) is 25.6 Å². The molecule has 1 atom stereocenters. The molecule has 0 bridgehead atoms. The summed E-state index contributed by atoms with van der Waals surface area (Å²) in [5, 5.41) is 0. The maximum Gasteiger partial charge on any atom is 0.125 e. The number of halogens is 1. The minimum Gasteiger partial charge on any atom is -0.403 e. The number of nitrogens with zero attached hydrogens (tertiary/aromatic N) is 2. The summed E-state index contributed by atoms with van der Waals surface area (Å²) < 4.78 is 18.7. The molecule has 4 nitrogen and oxygen atoms in total. The Labute approximate surface area is 133 Å². The Balaban J connectivity index is 1.86. The smallest absolute Gasteiger partial charge is 0.125 e. The van der Waals surface area contributed by atoms with E-state index in [2.05, 4.69) is 35.8 Å². The Kier molecular flexibility index (Phi) is 6.70. The SMILES string of the molecule is CCC(/C=C\C(=C/N)N1CCO[C@@H](CN2CC(F)C2)C1)CC. The van der Waals surface area contributed by atoms with Gasteiger partial charge in [-0.1, -0.05) is 19.9 Å². The summed E-state index contributed by atoms with van der Waals surface area (Å²) in [5.41, 5.74) is 6.88. The van der Waals surface area contributed by atoms with Crippen LogP contribution in [0.3, 0.4) is 0 Å². The second-order valence-electron chi connectivity index (χ2n) is 6.28. The van der Waals surface area contributed by atoms with Crippen molar-refractivity contribution in [3.8, 4) is 0 Å². The van der Waals surface area contributed by atoms with Crippen LogP contribution in [-0.2, 0) is 4.74 Å². The molecule has 2 N–H and O–H groups in total. The van der Waals surface area contributed by atoms with Crippen molar-refractivity contribution in [1.29, 1.82) is 0 Å². The highest BCUT2D eigenvalue weighted by Crippen LogP contribution is 2.18. The lowest BCUT2D eigenvalue weighted by molar-refractivity contribution is -0.0534. The van der Waals surface area contributed by atoms with E-state index >= 15 is 0 Å². The van der Waals surface area contributed by atoms with E-state index in [-0.39, 0.29) is 6.10 Å². The van der Waals surface area contributed by atoms with Gasteiger partial charge in [-0.3, -0.25) is 4.90 Å². The van der Waals surface area contributed by atoms with E-state index in [1.807, 2.05) is 0 Å². The van der Waals surface area contributed by atoms with Gasteiger partial charge in [-0.05, 0) is 24.8 Å². The molecular formula is C17H30FN3O. The van der Waals surface area contributed by atoms with Gasteiger partial charge in [-0.2, -0.15) is 0 Å². The average molecular weight is 311 g/mol. The van der Waals surface area contributed by atoms with Gasteiger partial charge in [-0.25, -0.2) is 4.39 Å². The van der Waals surface area contributed by atoms with Crippen molar-refractivity contribution in [1.82, 2.24) is 9.80 Å². The molecule has 2 aliphatic rings. The molecular weight excluding hydrogens is 281 g/mol. The first-order valence-electron chi connectivity index (χ1n) is 8.49. The van der Waals surface area contributed by atoms with Gasteiger partial charge in [-0.15, -0.1) is 0 Å². The molecule has 0 radical (unpaired) electrons. The molecule has 0 aromatic carbocycles. The lowest BCUT2D eigenvalue weighted by Gasteiger charge is -2.41. The van der Waals surface area contributed by atoms with Gasteiger partial charge in [0.2, 0.25) is 0 Å². The zero-order chi connectivity index (χ0) is 15.9. The summed E-state index contributed by atoms with van der Waals surface area (Å²) in [6.45, 7) is 8.71. The van der Waals surface area contributed by atoms with Crippen molar-refractivity contribution in [2.75, 3.05) is 39.3 Å². The van der Waals surface area contributed by atoms with Crippen LogP contribution in [0, 0.1) is 5.92 Å². The normalized spacial score (nSPS) is 25.2. The molecule has 2 rings (SSSR count). The lowest BCUT2D eigenvalue weighted by Crippen LogP contribution is -2.54. The molecule has 0 saturated carbocycles. The average Bonchev–Trinajstić information content (AvgIpc) is 2.51. The fourth-order valence-corrected chi connectivity index (χ4v) is 3.07. The van der Waals surface area contributed by atoms with Crippen molar-refractivity contribution >= 4 is 0 Å². The highest BCUT2D eigenvalue weighted by atomic mass is 19.1. The summed E-state index contributed by atoms with van der Waals surface area (Å²) >= 11 is 0. The fourth-order valence-electron chi connectivity index (χ4n) is 3.07. The minimum atomic E-state index is -0.651. The maximum absolute atomic E-state index is 12.9. The summed E-state index contributed by atoms with van der Waals surface area (Å²) in [4.78, 5) is 4.39. The predicted octanol–water partition coefficient (Wildman–Crippen LogP) is 2.13. The monoisotopic (exact) mass is 311 g/mol. The first-order chi connectivity index (χ1) is 10.7. The summed E-state index contributed by atoms with van der Waals surface area (Å²) in [7, 11) is 0. The molecule has 0 amide bonds. The lowest BCUT2D eigenvalue weighted by atomic mass is 10.0. The predicted molar refractivity (Wildman–Crippen MR) is 88.1 cm³/mol. The van der Waals surface area contributed by atoms with Crippen LogP contribution in [0.1, 0.15) is 26.7 Å². The van der Waals surface area contributed by atoms with E-state index < -0.39 is 6.17 Å². The van der Waals surface area contributed by atoms with Crippen LogP contribution in [0.25, 0.3) is 0 Å². The van der Waals surface area contributed by atoms with Crippen molar-refractivity contribution in [2.24, 2.45) is 11.7 Å². The third kappa shape index (κ3) is 4.71. The molecule has 0 aromatic heterocycles. The summed E-state index contributed by atoms with van der Waals surface area (Å²) in [6.07, 6.45) is 7.86. The molecule has 126 valence electrons. The number of rotatable bonds is 7. The van der Waals surface area contributed by atoms with Crippen molar-refractivity contribution < 1.29 is 9.13 Å². The van der Waals surface area contributed by atoms with Crippen LogP contribution in [0.5, 0.6) is 0 Å². The molecule has 0 aromatic rings. The van der Waals surface area contributed by atoms with Crippen molar-refractivity contribution in [3.05, 3.63) is 24.0 Å². The molecule has 0 aliphatic carbocycles. The highest BCUT2D eigenvalue weighted by molar-refractivity contribution is 5.18. The summed E-state index contributed by atoms with van der Waals surface area (Å²) in [5.74, 6) is 0.606. The van der Waals surface area contributed by atoms with Gasteiger partial charge in [0.1, 0.15) is 6.17 Å². The van der Waals surface area contributed by atoms with E-state index in [4.69, 9.17) is 10.5 Å². The number of alkyl halides is 1. The topological polar surface area (TPSA) is 41.7 Å². The number of hydrogen-bond acceptors (Lipinski definition) is 4. The number of morpholine rings is 1. The Morgan fingerprint density at radius 2 is 2.05 bits per heavy atom. The first kappa shape index (κ1) is 17.3. The molecule has 2 fully saturated rings. The quantitative estimate of drug-likeness (QED) is 0.732. The second kappa shape index (κ2) is 8.53. The van der Waals surface area contributed by atoms with Crippen LogP contribution in [0.4, 0.5) is 4.39 Å². The Hall–Kier alpha value is -1.07. The zero-order valence-corrected chi connectivity index (χ0v) is 13.9. The van der Waals surface area contributed by atoms with Crippen LogP contribution in [-0.4, -0.2) is 61.4 Å². The Bertz CT molecular complexity index is 389. The van der Waals surface area contributed by atoms with Crippen LogP contribution in [0.2, 0.25) is 0 Å². The number of allylic oxidation sites excluding steroid dienone is 2. The first-order valence-corrected chi connectivity index (χ1v) is 8.49. The maximum atomic E-state index is 12.9. The van der Waals surface area contributed by atoms with E-state index in [0.717, 1.165) is 38.2 Å². The van der Waals surface area contributed by atoms with E-state index in [1.54, 1.807) is 6.20 Å². The minimum absolute atomic E-state index is 0.137. The van der Waals surface area contributed by atoms with E-state index in [1.165, 1.54) is 0 Å². The fraction of sp³-hybridized carbons (Fsp3) is 0.765. The zero-order valence-electron chi connectivity index (χ0n) is 13.9. The molecule has 22 heavy (non-hydrogen) atoms. The number of ether oxygens (including phenoxy) is 1. The van der Waals surface area contributed by atoms with Gasteiger partial charge >= 0.3 is 0 Å². The van der Waals surface area contributed by atoms with Crippen molar-refractivity contribution in [3.63, 3.8) is 0 Å². The second-order valence-corrected chi connectivity index (χ2v) is 6.28. The largest absolute Gasteiger partial charge is 0.403 e. The van der Waals surface area contributed by atoms with Crippen molar-refractivity contribution in [2.45, 2.75) is 39.0 Å². The van der Waals surface area contributed by atoms with Crippen LogP contribution in [0.15, 0.2) is 24.0 Å². The molecule has 0 unspecified atom stereocenters. The third-order valence-electron chi connectivity index (χ3n) is 4.64. The van der Waals surface area contributed by atoms with Gasteiger partial charge in [0.25, 0.3) is 0 Å². The molecule has 2 saturated heterocycles. The van der Waals surface area contributed by atoms with E-state index in [9.17, 15) is 4.39 Å². The Morgan fingerprint density at radius 1 is 1.32 bits per heavy atom. The third-order valence-corrected chi connectivity index (χ3v) is 4.64. The number of hydrogen-bond donors (Lipinski definition) is 1. The van der Waals surface area contributed by atoms with Crippen LogP contribution >= 0.6 is 0 Å². The van der Waals surface area contributed by atoms with Gasteiger partial charge in [0, 0.05) is 38.9 Å². The van der Waals surface area contributed by atoms with Gasteiger partial charge in [0.15, 0.2) is 0 Å². The number of nitrogens with two attached hydrogens (primary N) is 1. The molecule has 2 aliphatic heterocycles. The molecule has 2 heterocycles. The standard InChI is InChI=1S/C17H30FN3O/c1-3-14(4-2)5-6-16(9-19)21-7-8-22-17(13-21)12-20-10-15(18)11-20/h5-6,9,14-15,17H,3-4,7-8,10-13,19H2,1-2H3/b6-5-,16-9+/t17-/m0/s1. The highest BCUT2D eigenvalue weighted by Gasteiger charge is 2.30. The summed E-state index contributed by atoms with van der Waals surface area (Å²) in [6, 6.07) is 0. The molecule has 5 heteroatoms. The molecule has 0 spiro atoms. The van der Waals surface area contributed by atoms with Gasteiger partial charge < -0.3 is 15.4 Å². The number of likely N-dealkylation sites (tertiary alicyclic amines) is 1.